The molecule has 0 bridgehead atoms. The Hall–Kier alpha value is -1.70. The molecule has 152 valence electrons. The van der Waals surface area contributed by atoms with Crippen LogP contribution in [-0.4, -0.2) is 71.3 Å². The molecule has 1 N–H and O–H groups in total. The summed E-state index contributed by atoms with van der Waals surface area (Å²) in [6.45, 7) is 9.80. The highest BCUT2D eigenvalue weighted by Crippen LogP contribution is 2.18. The molecule has 1 aromatic rings. The lowest BCUT2D eigenvalue weighted by Gasteiger charge is -2.23. The van der Waals surface area contributed by atoms with Crippen molar-refractivity contribution in [2.24, 2.45) is 0 Å². The number of hydrogen-bond donors (Lipinski definition) is 1. The van der Waals surface area contributed by atoms with Crippen molar-refractivity contribution in [3.63, 3.8) is 0 Å². The third kappa shape index (κ3) is 7.08. The number of non-ortho nitro benzene ring substituents is 1. The van der Waals surface area contributed by atoms with Crippen LogP contribution in [0.2, 0.25) is 0 Å². The number of nitrogens with zero attached hydrogens (tertiary/aromatic N) is 3. The van der Waals surface area contributed by atoms with Gasteiger partial charge in [-0.2, -0.15) is 0 Å². The summed E-state index contributed by atoms with van der Waals surface area (Å²) in [5.41, 5.74) is 0.0925. The van der Waals surface area contributed by atoms with Gasteiger partial charge in [0.15, 0.2) is 0 Å². The topological polar surface area (TPSA) is 79.1 Å². The number of hydrogen-bond acceptors (Lipinski definition) is 6. The first-order valence-corrected chi connectivity index (χ1v) is 9.97. The molecule has 2 aliphatic heterocycles. The molecule has 0 aromatic heterocycles. The highest BCUT2D eigenvalue weighted by molar-refractivity contribution is 5.35. The van der Waals surface area contributed by atoms with Crippen LogP contribution < -0.4 is 4.74 Å². The first kappa shape index (κ1) is 21.6. The smallest absolute Gasteiger partial charge is 0.269 e. The number of ether oxygens (including phenoxy) is 1. The molecule has 7 heteroatoms. The average molecular weight is 380 g/mol. The number of benzene rings is 1. The maximum Gasteiger partial charge on any atom is 0.269 e. The molecule has 7 nitrogen and oxygen atoms in total. The van der Waals surface area contributed by atoms with Gasteiger partial charge in [0.1, 0.15) is 12.4 Å². The Morgan fingerprint density at radius 3 is 1.93 bits per heavy atom. The Morgan fingerprint density at radius 1 is 1.00 bits per heavy atom. The fourth-order valence-electron chi connectivity index (χ4n) is 3.47. The maximum atomic E-state index is 10.5. The Kier molecular flexibility index (Phi) is 8.97. The van der Waals surface area contributed by atoms with Gasteiger partial charge in [-0.1, -0.05) is 0 Å². The van der Waals surface area contributed by atoms with E-state index in [1.165, 1.54) is 50.9 Å². The molecule has 3 rings (SSSR count). The molecule has 0 saturated carbocycles. The predicted molar refractivity (Wildman–Crippen MR) is 106 cm³/mol. The summed E-state index contributed by atoms with van der Waals surface area (Å²) < 4.78 is 5.65. The molecule has 2 atom stereocenters. The predicted octanol–water partition coefficient (Wildman–Crippen LogP) is 2.92. The van der Waals surface area contributed by atoms with Crippen LogP contribution in [0.25, 0.3) is 0 Å². The van der Waals surface area contributed by atoms with Gasteiger partial charge in [-0.05, 0) is 77.8 Å². The molecule has 2 heterocycles. The molecule has 0 spiro atoms. The Labute approximate surface area is 162 Å². The lowest BCUT2D eigenvalue weighted by molar-refractivity contribution is -0.384. The third-order valence-corrected chi connectivity index (χ3v) is 5.33. The van der Waals surface area contributed by atoms with Crippen LogP contribution in [0, 0.1) is 10.1 Å². The Morgan fingerprint density at radius 2 is 1.48 bits per heavy atom. The Bertz CT molecular complexity index is 555. The lowest BCUT2D eigenvalue weighted by atomic mass is 10.3. The summed E-state index contributed by atoms with van der Waals surface area (Å²) in [5.74, 6) is 0.687. The molecule has 2 fully saturated rings. The lowest BCUT2D eigenvalue weighted by Crippen LogP contribution is -2.34. The van der Waals surface area contributed by atoms with Gasteiger partial charge in [0.2, 0.25) is 0 Å². The van der Waals surface area contributed by atoms with Gasteiger partial charge in [-0.15, -0.1) is 0 Å². The van der Waals surface area contributed by atoms with Crippen LogP contribution in [0.1, 0.15) is 39.5 Å². The standard InChI is InChI=1S/C13H18N2O3.C7H15NO/c1-11(14-8-2-3-9-14)10-18-13-6-4-12(5-7-13)15(16)17;1-7(6-9)8-4-2-3-5-8/h4-7,11H,2-3,8-10H2,1H3;7,9H,2-6H2,1H3/t11-;7-/m11/s1. The highest BCUT2D eigenvalue weighted by atomic mass is 16.6. The van der Waals surface area contributed by atoms with E-state index in [0.717, 1.165) is 13.1 Å². The first-order chi connectivity index (χ1) is 13.0. The second-order valence-corrected chi connectivity index (χ2v) is 7.43. The van der Waals surface area contributed by atoms with E-state index >= 15 is 0 Å². The summed E-state index contributed by atoms with van der Waals surface area (Å²) in [4.78, 5) is 14.8. The van der Waals surface area contributed by atoms with Gasteiger partial charge in [-0.25, -0.2) is 0 Å². The van der Waals surface area contributed by atoms with Gasteiger partial charge < -0.3 is 9.84 Å². The van der Waals surface area contributed by atoms with Crippen LogP contribution in [0.15, 0.2) is 24.3 Å². The fraction of sp³-hybridized carbons (Fsp3) is 0.700. The van der Waals surface area contributed by atoms with Crippen molar-refractivity contribution >= 4 is 5.69 Å². The van der Waals surface area contributed by atoms with E-state index in [4.69, 9.17) is 9.84 Å². The largest absolute Gasteiger partial charge is 0.492 e. The molecule has 2 saturated heterocycles. The summed E-state index contributed by atoms with van der Waals surface area (Å²) in [5, 5.41) is 19.3. The van der Waals surface area contributed by atoms with Crippen LogP contribution in [0.5, 0.6) is 5.75 Å². The monoisotopic (exact) mass is 379 g/mol. The van der Waals surface area contributed by atoms with E-state index in [1.54, 1.807) is 12.1 Å². The molecule has 1 aromatic carbocycles. The summed E-state index contributed by atoms with van der Waals surface area (Å²) in [6.07, 6.45) is 5.15. The van der Waals surface area contributed by atoms with Crippen molar-refractivity contribution < 1.29 is 14.8 Å². The average Bonchev–Trinajstić information content (AvgIpc) is 3.40. The van der Waals surface area contributed by atoms with Crippen molar-refractivity contribution in [3.05, 3.63) is 34.4 Å². The molecular weight excluding hydrogens is 346 g/mol. The number of rotatable bonds is 7. The Balaban J connectivity index is 0.000000244. The number of nitro benzene ring substituents is 1. The van der Waals surface area contributed by atoms with Crippen molar-refractivity contribution in [1.82, 2.24) is 9.80 Å². The van der Waals surface area contributed by atoms with Crippen LogP contribution >= 0.6 is 0 Å². The van der Waals surface area contributed by atoms with E-state index in [0.29, 0.717) is 31.0 Å². The quantitative estimate of drug-likeness (QED) is 0.580. The zero-order valence-corrected chi connectivity index (χ0v) is 16.5. The van der Waals surface area contributed by atoms with Gasteiger partial charge in [-0.3, -0.25) is 19.9 Å². The zero-order valence-electron chi connectivity index (χ0n) is 16.5. The first-order valence-electron chi connectivity index (χ1n) is 9.97. The van der Waals surface area contributed by atoms with Crippen molar-refractivity contribution in [2.75, 3.05) is 39.4 Å². The second kappa shape index (κ2) is 11.2. The number of aliphatic hydroxyl groups is 1. The van der Waals surface area contributed by atoms with E-state index in [9.17, 15) is 10.1 Å². The molecule has 0 aliphatic carbocycles. The minimum Gasteiger partial charge on any atom is -0.492 e. The maximum absolute atomic E-state index is 10.5. The molecule has 0 unspecified atom stereocenters. The summed E-state index contributed by atoms with van der Waals surface area (Å²) in [7, 11) is 0. The third-order valence-electron chi connectivity index (χ3n) is 5.33. The van der Waals surface area contributed by atoms with E-state index in [2.05, 4.69) is 23.6 Å². The molecule has 2 aliphatic rings. The van der Waals surface area contributed by atoms with E-state index in [-0.39, 0.29) is 5.69 Å². The van der Waals surface area contributed by atoms with E-state index in [1.807, 2.05) is 0 Å². The van der Waals surface area contributed by atoms with E-state index < -0.39 is 4.92 Å². The second-order valence-electron chi connectivity index (χ2n) is 7.43. The normalized spacial score (nSPS) is 20.0. The van der Waals surface area contributed by atoms with Gasteiger partial charge in [0, 0.05) is 24.2 Å². The number of likely N-dealkylation sites (tertiary alicyclic amines) is 2. The minimum atomic E-state index is -0.406. The fourth-order valence-corrected chi connectivity index (χ4v) is 3.47. The molecular formula is C20H33N3O4. The highest BCUT2D eigenvalue weighted by Gasteiger charge is 2.18. The molecule has 0 radical (unpaired) electrons. The van der Waals surface area contributed by atoms with Crippen LogP contribution in [0.3, 0.4) is 0 Å². The van der Waals surface area contributed by atoms with Crippen LogP contribution in [0.4, 0.5) is 5.69 Å². The number of nitro groups is 1. The summed E-state index contributed by atoms with van der Waals surface area (Å²) in [6, 6.07) is 7.00. The van der Waals surface area contributed by atoms with Crippen molar-refractivity contribution in [1.29, 1.82) is 0 Å². The van der Waals surface area contributed by atoms with Crippen LogP contribution in [-0.2, 0) is 0 Å². The SMILES string of the molecule is C[C@H](CO)N1CCCC1.C[C@H](COc1ccc([N+](=O)[O-])cc1)N1CCCC1. The summed E-state index contributed by atoms with van der Waals surface area (Å²) >= 11 is 0. The zero-order chi connectivity index (χ0) is 19.6. The minimum absolute atomic E-state index is 0.0925. The van der Waals surface area contributed by atoms with Crippen molar-refractivity contribution in [3.8, 4) is 5.75 Å². The van der Waals surface area contributed by atoms with Gasteiger partial charge in [0.25, 0.3) is 5.69 Å². The number of aliphatic hydroxyl groups excluding tert-OH is 1. The van der Waals surface area contributed by atoms with Gasteiger partial charge in [0.05, 0.1) is 11.5 Å². The van der Waals surface area contributed by atoms with Crippen molar-refractivity contribution in [2.45, 2.75) is 51.6 Å². The molecule has 27 heavy (non-hydrogen) atoms. The van der Waals surface area contributed by atoms with Gasteiger partial charge >= 0.3 is 0 Å². The molecule has 0 amide bonds.